The van der Waals surface area contributed by atoms with Crippen LogP contribution in [0.3, 0.4) is 0 Å². The topological polar surface area (TPSA) is 0 Å². The van der Waals surface area contributed by atoms with Gasteiger partial charge in [0, 0.05) is 5.41 Å². The van der Waals surface area contributed by atoms with Crippen LogP contribution in [0.2, 0.25) is 0 Å². The normalized spacial score (nSPS) is 16.8. The molecule has 0 heteroatoms. The molecule has 3 rings (SSSR count). The van der Waals surface area contributed by atoms with E-state index in [9.17, 15) is 0 Å². The molecule has 0 unspecified atom stereocenters. The molecule has 0 nitrogen and oxygen atoms in total. The summed E-state index contributed by atoms with van der Waals surface area (Å²) in [5.74, 6) is 0. The monoisotopic (exact) mass is 306 g/mol. The number of rotatable bonds is 2. The predicted molar refractivity (Wildman–Crippen MR) is 101 cm³/mol. The van der Waals surface area contributed by atoms with Crippen LogP contribution in [0.25, 0.3) is 0 Å². The fourth-order valence-electron chi connectivity index (χ4n) is 4.35. The lowest BCUT2D eigenvalue weighted by molar-refractivity contribution is 0.533. The Kier molecular flexibility index (Phi) is 4.12. The summed E-state index contributed by atoms with van der Waals surface area (Å²) in [6.45, 7) is 13.5. The van der Waals surface area contributed by atoms with Gasteiger partial charge in [0.15, 0.2) is 0 Å². The Labute approximate surface area is 141 Å². The maximum absolute atomic E-state index is 2.46. The molecule has 0 saturated heterocycles. The SMILES string of the molecule is Cc1cc(C2(c3cc(C)c(C)c(C)c3)CCCC2)cc(C)c1C. The van der Waals surface area contributed by atoms with Crippen molar-refractivity contribution < 1.29 is 0 Å². The van der Waals surface area contributed by atoms with Crippen molar-refractivity contribution in [1.29, 1.82) is 0 Å². The van der Waals surface area contributed by atoms with Gasteiger partial charge in [-0.25, -0.2) is 0 Å². The van der Waals surface area contributed by atoms with Crippen LogP contribution in [0.1, 0.15) is 70.2 Å². The Bertz CT molecular complexity index is 637. The maximum atomic E-state index is 2.46. The summed E-state index contributed by atoms with van der Waals surface area (Å²) in [7, 11) is 0. The Balaban J connectivity index is 2.22. The number of hydrogen-bond acceptors (Lipinski definition) is 0. The first-order valence-electron chi connectivity index (χ1n) is 9.02. The molecule has 1 saturated carbocycles. The van der Waals surface area contributed by atoms with Crippen LogP contribution in [0, 0.1) is 41.5 Å². The van der Waals surface area contributed by atoms with Gasteiger partial charge in [-0.3, -0.25) is 0 Å². The van der Waals surface area contributed by atoms with Crippen LogP contribution >= 0.6 is 0 Å². The van der Waals surface area contributed by atoms with E-state index in [4.69, 9.17) is 0 Å². The zero-order valence-electron chi connectivity index (χ0n) is 15.6. The van der Waals surface area contributed by atoms with Crippen molar-refractivity contribution in [3.63, 3.8) is 0 Å². The first kappa shape index (κ1) is 16.3. The third-order valence-electron chi connectivity index (χ3n) is 6.42. The first-order valence-corrected chi connectivity index (χ1v) is 9.02. The zero-order chi connectivity index (χ0) is 16.8. The lowest BCUT2D eigenvalue weighted by atomic mass is 9.71. The molecular weight excluding hydrogens is 276 g/mol. The van der Waals surface area contributed by atoms with E-state index < -0.39 is 0 Å². The second kappa shape index (κ2) is 5.82. The summed E-state index contributed by atoms with van der Waals surface area (Å²) in [5, 5.41) is 0. The molecule has 1 aliphatic rings. The van der Waals surface area contributed by atoms with Crippen LogP contribution < -0.4 is 0 Å². The highest BCUT2D eigenvalue weighted by atomic mass is 14.4. The molecular formula is C23H30. The molecule has 0 N–H and O–H groups in total. The zero-order valence-corrected chi connectivity index (χ0v) is 15.6. The van der Waals surface area contributed by atoms with Gasteiger partial charge in [-0.15, -0.1) is 0 Å². The highest BCUT2D eigenvalue weighted by Crippen LogP contribution is 2.47. The molecule has 1 aliphatic carbocycles. The first-order chi connectivity index (χ1) is 10.8. The molecule has 0 atom stereocenters. The summed E-state index contributed by atoms with van der Waals surface area (Å²) in [6.07, 6.45) is 5.27. The second-order valence-corrected chi connectivity index (χ2v) is 7.76. The lowest BCUT2D eigenvalue weighted by Crippen LogP contribution is -2.24. The van der Waals surface area contributed by atoms with Crippen molar-refractivity contribution in [2.75, 3.05) is 0 Å². The molecule has 2 aromatic carbocycles. The maximum Gasteiger partial charge on any atom is 0.0203 e. The molecule has 0 heterocycles. The lowest BCUT2D eigenvalue weighted by Gasteiger charge is -2.33. The standard InChI is InChI=1S/C23H30/c1-15-11-21(12-16(2)19(15)5)23(9-7-8-10-23)22-13-17(3)20(6)18(4)14-22/h11-14H,7-10H2,1-6H3. The average molecular weight is 306 g/mol. The van der Waals surface area contributed by atoms with Crippen LogP contribution in [-0.2, 0) is 5.41 Å². The molecule has 0 aliphatic heterocycles. The summed E-state index contributed by atoms with van der Waals surface area (Å²) in [5.41, 5.74) is 11.9. The van der Waals surface area contributed by atoms with Gasteiger partial charge in [0.25, 0.3) is 0 Å². The fourth-order valence-corrected chi connectivity index (χ4v) is 4.35. The summed E-state index contributed by atoms with van der Waals surface area (Å²) < 4.78 is 0. The van der Waals surface area contributed by atoms with Gasteiger partial charge >= 0.3 is 0 Å². The molecule has 23 heavy (non-hydrogen) atoms. The molecule has 2 aromatic rings. The molecule has 0 aromatic heterocycles. The Morgan fingerprint density at radius 1 is 0.565 bits per heavy atom. The Hall–Kier alpha value is -1.56. The summed E-state index contributed by atoms with van der Waals surface area (Å²) >= 11 is 0. The van der Waals surface area contributed by atoms with Gasteiger partial charge in [0.2, 0.25) is 0 Å². The van der Waals surface area contributed by atoms with Crippen LogP contribution in [0.4, 0.5) is 0 Å². The van der Waals surface area contributed by atoms with E-state index in [2.05, 4.69) is 65.8 Å². The molecule has 1 fully saturated rings. The van der Waals surface area contributed by atoms with Crippen LogP contribution in [0.5, 0.6) is 0 Å². The minimum absolute atomic E-state index is 0.229. The van der Waals surface area contributed by atoms with Crippen molar-refractivity contribution in [2.45, 2.75) is 72.6 Å². The molecule has 0 bridgehead atoms. The van der Waals surface area contributed by atoms with E-state index in [1.54, 1.807) is 11.1 Å². The van der Waals surface area contributed by atoms with Gasteiger partial charge in [0.1, 0.15) is 0 Å². The highest BCUT2D eigenvalue weighted by molar-refractivity contribution is 5.49. The van der Waals surface area contributed by atoms with Gasteiger partial charge < -0.3 is 0 Å². The fraction of sp³-hybridized carbons (Fsp3) is 0.478. The second-order valence-electron chi connectivity index (χ2n) is 7.76. The largest absolute Gasteiger partial charge is 0.0549 e. The van der Waals surface area contributed by atoms with E-state index in [1.165, 1.54) is 59.1 Å². The van der Waals surface area contributed by atoms with Crippen molar-refractivity contribution in [2.24, 2.45) is 0 Å². The third-order valence-corrected chi connectivity index (χ3v) is 6.42. The van der Waals surface area contributed by atoms with Gasteiger partial charge in [-0.2, -0.15) is 0 Å². The molecule has 122 valence electrons. The van der Waals surface area contributed by atoms with Crippen LogP contribution in [0.15, 0.2) is 24.3 Å². The summed E-state index contributed by atoms with van der Waals surface area (Å²) in [4.78, 5) is 0. The quantitative estimate of drug-likeness (QED) is 0.602. The van der Waals surface area contributed by atoms with E-state index >= 15 is 0 Å². The molecule has 0 amide bonds. The number of hydrogen-bond donors (Lipinski definition) is 0. The van der Waals surface area contributed by atoms with Crippen molar-refractivity contribution in [1.82, 2.24) is 0 Å². The van der Waals surface area contributed by atoms with Crippen molar-refractivity contribution in [3.05, 3.63) is 68.8 Å². The molecule has 0 radical (unpaired) electrons. The van der Waals surface area contributed by atoms with E-state index in [0.29, 0.717) is 0 Å². The smallest absolute Gasteiger partial charge is 0.0203 e. The minimum Gasteiger partial charge on any atom is -0.0549 e. The Morgan fingerprint density at radius 2 is 0.870 bits per heavy atom. The third kappa shape index (κ3) is 2.63. The minimum atomic E-state index is 0.229. The van der Waals surface area contributed by atoms with E-state index in [1.807, 2.05) is 0 Å². The van der Waals surface area contributed by atoms with Crippen molar-refractivity contribution >= 4 is 0 Å². The predicted octanol–water partition coefficient (Wildman–Crippen LogP) is 6.40. The number of aryl methyl sites for hydroxylation is 4. The average Bonchev–Trinajstić information content (AvgIpc) is 3.00. The van der Waals surface area contributed by atoms with Crippen LogP contribution in [-0.4, -0.2) is 0 Å². The van der Waals surface area contributed by atoms with Gasteiger partial charge in [0.05, 0.1) is 0 Å². The Morgan fingerprint density at radius 3 is 1.17 bits per heavy atom. The number of benzene rings is 2. The van der Waals surface area contributed by atoms with Crippen molar-refractivity contribution in [3.8, 4) is 0 Å². The van der Waals surface area contributed by atoms with E-state index in [-0.39, 0.29) is 5.41 Å². The summed E-state index contributed by atoms with van der Waals surface area (Å²) in [6, 6.07) is 9.83. The van der Waals surface area contributed by atoms with Gasteiger partial charge in [-0.05, 0) is 98.9 Å². The highest BCUT2D eigenvalue weighted by Gasteiger charge is 2.38. The van der Waals surface area contributed by atoms with Gasteiger partial charge in [-0.1, -0.05) is 37.1 Å². The van der Waals surface area contributed by atoms with E-state index in [0.717, 1.165) is 0 Å². The molecule has 0 spiro atoms.